The van der Waals surface area contributed by atoms with Crippen molar-refractivity contribution in [1.29, 1.82) is 0 Å². The number of nitrogens with two attached hydrogens (primary N) is 1. The highest BCUT2D eigenvalue weighted by molar-refractivity contribution is 7.92. The van der Waals surface area contributed by atoms with Gasteiger partial charge in [-0.05, 0) is 37.1 Å². The maximum atomic E-state index is 12.4. The lowest BCUT2D eigenvalue weighted by molar-refractivity contribution is 0.601. The molecule has 2 rings (SSSR count). The number of aromatic nitrogens is 2. The van der Waals surface area contributed by atoms with Gasteiger partial charge < -0.3 is 5.73 Å². The van der Waals surface area contributed by atoms with Gasteiger partial charge >= 0.3 is 0 Å². The van der Waals surface area contributed by atoms with Crippen molar-refractivity contribution in [3.63, 3.8) is 0 Å². The average molecular weight is 308 g/mol. The summed E-state index contributed by atoms with van der Waals surface area (Å²) in [6.45, 7) is 2.47. The minimum absolute atomic E-state index is 0.231. The highest BCUT2D eigenvalue weighted by Gasteiger charge is 2.17. The van der Waals surface area contributed by atoms with E-state index >= 15 is 0 Å². The van der Waals surface area contributed by atoms with E-state index in [2.05, 4.69) is 9.82 Å². The summed E-state index contributed by atoms with van der Waals surface area (Å²) in [6.07, 6.45) is 3.06. The minimum atomic E-state index is -3.60. The van der Waals surface area contributed by atoms with Gasteiger partial charge in [-0.15, -0.1) is 0 Å². The van der Waals surface area contributed by atoms with Gasteiger partial charge in [0.1, 0.15) is 0 Å². The van der Waals surface area contributed by atoms with Crippen LogP contribution in [0.4, 0.5) is 5.69 Å². The first kappa shape index (κ1) is 15.5. The fourth-order valence-electron chi connectivity index (χ4n) is 2.09. The Kier molecular flexibility index (Phi) is 4.64. The van der Waals surface area contributed by atoms with Crippen LogP contribution in [0.3, 0.4) is 0 Å². The largest absolute Gasteiger partial charge is 0.330 e. The van der Waals surface area contributed by atoms with E-state index in [1.54, 1.807) is 42.2 Å². The fraction of sp³-hybridized carbons (Fsp3) is 0.357. The van der Waals surface area contributed by atoms with Gasteiger partial charge in [-0.3, -0.25) is 9.40 Å². The van der Waals surface area contributed by atoms with E-state index in [0.29, 0.717) is 18.7 Å². The Hall–Kier alpha value is -1.86. The molecule has 1 heterocycles. The molecule has 6 nitrogen and oxygen atoms in total. The van der Waals surface area contributed by atoms with Gasteiger partial charge in [0.05, 0.1) is 16.3 Å². The van der Waals surface area contributed by atoms with E-state index in [-0.39, 0.29) is 4.90 Å². The predicted octanol–water partition coefficient (Wildman–Crippen LogP) is 1.28. The van der Waals surface area contributed by atoms with Crippen LogP contribution in [0.2, 0.25) is 0 Å². The van der Waals surface area contributed by atoms with Crippen molar-refractivity contribution in [2.45, 2.75) is 24.7 Å². The molecule has 0 unspecified atom stereocenters. The molecule has 0 spiro atoms. The normalized spacial score (nSPS) is 11.6. The molecule has 114 valence electrons. The van der Waals surface area contributed by atoms with E-state index in [1.165, 1.54) is 0 Å². The van der Waals surface area contributed by atoms with Crippen LogP contribution in [0, 0.1) is 0 Å². The van der Waals surface area contributed by atoms with Crippen LogP contribution in [-0.4, -0.2) is 24.7 Å². The average Bonchev–Trinajstić information content (AvgIpc) is 2.79. The van der Waals surface area contributed by atoms with Gasteiger partial charge in [-0.2, -0.15) is 5.10 Å². The second-order valence-corrected chi connectivity index (χ2v) is 6.49. The summed E-state index contributed by atoms with van der Waals surface area (Å²) in [5.41, 5.74) is 7.74. The van der Waals surface area contributed by atoms with Gasteiger partial charge in [-0.25, -0.2) is 8.42 Å². The topological polar surface area (TPSA) is 90.0 Å². The van der Waals surface area contributed by atoms with E-state index in [1.807, 2.05) is 6.92 Å². The Labute approximate surface area is 125 Å². The molecule has 0 fully saturated rings. The summed E-state index contributed by atoms with van der Waals surface area (Å²) in [5, 5.41) is 4.22. The molecule has 21 heavy (non-hydrogen) atoms. The van der Waals surface area contributed by atoms with Gasteiger partial charge in [-0.1, -0.05) is 19.1 Å². The van der Waals surface area contributed by atoms with Crippen LogP contribution in [0.15, 0.2) is 35.4 Å². The summed E-state index contributed by atoms with van der Waals surface area (Å²) < 4.78 is 28.9. The molecule has 0 aliphatic rings. The monoisotopic (exact) mass is 308 g/mol. The molecule has 1 aromatic heterocycles. The second-order valence-electron chi connectivity index (χ2n) is 4.80. The standard InChI is InChI=1S/C14H20N4O2S/c1-3-13-14(10-18(2)16-13)17-21(19,20)12-6-4-11(5-7-12)8-9-15/h4-7,10,17H,3,8-9,15H2,1-2H3. The third-order valence-corrected chi connectivity index (χ3v) is 4.53. The Morgan fingerprint density at radius 1 is 1.29 bits per heavy atom. The maximum absolute atomic E-state index is 12.4. The zero-order valence-corrected chi connectivity index (χ0v) is 13.0. The molecule has 0 aliphatic carbocycles. The summed E-state index contributed by atoms with van der Waals surface area (Å²) in [6, 6.07) is 6.75. The molecule has 0 bridgehead atoms. The van der Waals surface area contributed by atoms with E-state index < -0.39 is 10.0 Å². The minimum Gasteiger partial charge on any atom is -0.330 e. The quantitative estimate of drug-likeness (QED) is 0.841. The lowest BCUT2D eigenvalue weighted by atomic mass is 10.2. The Morgan fingerprint density at radius 2 is 1.95 bits per heavy atom. The van der Waals surface area contributed by atoms with Crippen LogP contribution in [-0.2, 0) is 29.9 Å². The molecule has 0 saturated heterocycles. The molecule has 0 saturated carbocycles. The number of anilines is 1. The lowest BCUT2D eigenvalue weighted by Gasteiger charge is -2.08. The molecule has 7 heteroatoms. The fourth-order valence-corrected chi connectivity index (χ4v) is 3.16. The smallest absolute Gasteiger partial charge is 0.262 e. The zero-order chi connectivity index (χ0) is 15.5. The summed E-state index contributed by atoms with van der Waals surface area (Å²) >= 11 is 0. The summed E-state index contributed by atoms with van der Waals surface area (Å²) in [7, 11) is -1.84. The van der Waals surface area contributed by atoms with E-state index in [0.717, 1.165) is 17.7 Å². The van der Waals surface area contributed by atoms with Crippen LogP contribution >= 0.6 is 0 Å². The van der Waals surface area contributed by atoms with Crippen LogP contribution in [0.5, 0.6) is 0 Å². The van der Waals surface area contributed by atoms with Crippen molar-refractivity contribution >= 4 is 15.7 Å². The Morgan fingerprint density at radius 3 is 2.52 bits per heavy atom. The van der Waals surface area contributed by atoms with E-state index in [4.69, 9.17) is 5.73 Å². The van der Waals surface area contributed by atoms with Crippen molar-refractivity contribution in [1.82, 2.24) is 9.78 Å². The molecule has 0 atom stereocenters. The summed E-state index contributed by atoms with van der Waals surface area (Å²) in [4.78, 5) is 0.231. The first-order valence-electron chi connectivity index (χ1n) is 6.80. The number of aryl methyl sites for hydroxylation is 2. The first-order chi connectivity index (χ1) is 9.96. The van der Waals surface area contributed by atoms with Crippen molar-refractivity contribution in [2.24, 2.45) is 12.8 Å². The van der Waals surface area contributed by atoms with Crippen LogP contribution < -0.4 is 10.5 Å². The third kappa shape index (κ3) is 3.62. The first-order valence-corrected chi connectivity index (χ1v) is 8.29. The van der Waals surface area contributed by atoms with Gasteiger partial charge in [0, 0.05) is 13.2 Å². The molecular weight excluding hydrogens is 288 g/mol. The van der Waals surface area contributed by atoms with Crippen LogP contribution in [0.1, 0.15) is 18.2 Å². The van der Waals surface area contributed by atoms with Crippen molar-refractivity contribution in [2.75, 3.05) is 11.3 Å². The zero-order valence-electron chi connectivity index (χ0n) is 12.2. The lowest BCUT2D eigenvalue weighted by Crippen LogP contribution is -2.13. The third-order valence-electron chi connectivity index (χ3n) is 3.15. The number of rotatable bonds is 6. The highest BCUT2D eigenvalue weighted by atomic mass is 32.2. The SMILES string of the molecule is CCc1nn(C)cc1NS(=O)(=O)c1ccc(CCN)cc1. The second kappa shape index (κ2) is 6.28. The predicted molar refractivity (Wildman–Crippen MR) is 82.6 cm³/mol. The number of benzene rings is 1. The van der Waals surface area contributed by atoms with Gasteiger partial charge in [0.15, 0.2) is 0 Å². The molecule has 0 radical (unpaired) electrons. The number of nitrogens with zero attached hydrogens (tertiary/aromatic N) is 2. The molecule has 1 aromatic carbocycles. The van der Waals surface area contributed by atoms with Gasteiger partial charge in [0.25, 0.3) is 10.0 Å². The van der Waals surface area contributed by atoms with Gasteiger partial charge in [0.2, 0.25) is 0 Å². The summed E-state index contributed by atoms with van der Waals surface area (Å²) in [5.74, 6) is 0. The number of hydrogen-bond acceptors (Lipinski definition) is 4. The van der Waals surface area contributed by atoms with Crippen LogP contribution in [0.25, 0.3) is 0 Å². The molecule has 0 amide bonds. The number of hydrogen-bond donors (Lipinski definition) is 2. The maximum Gasteiger partial charge on any atom is 0.262 e. The van der Waals surface area contributed by atoms with Crippen molar-refractivity contribution in [3.8, 4) is 0 Å². The van der Waals surface area contributed by atoms with Crippen molar-refractivity contribution in [3.05, 3.63) is 41.7 Å². The van der Waals surface area contributed by atoms with Crippen molar-refractivity contribution < 1.29 is 8.42 Å². The Bertz CT molecular complexity index is 705. The molecule has 0 aliphatic heterocycles. The molecule has 2 aromatic rings. The number of sulfonamides is 1. The highest BCUT2D eigenvalue weighted by Crippen LogP contribution is 2.20. The molecular formula is C14H20N4O2S. The molecule has 3 N–H and O–H groups in total. The Balaban J connectivity index is 2.25. The number of nitrogens with one attached hydrogen (secondary N) is 1. The van der Waals surface area contributed by atoms with E-state index in [9.17, 15) is 8.42 Å².